The molecule has 2 aromatic rings. The van der Waals surface area contributed by atoms with E-state index in [1.54, 1.807) is 19.1 Å². The van der Waals surface area contributed by atoms with Gasteiger partial charge in [0.2, 0.25) is 0 Å². The van der Waals surface area contributed by atoms with E-state index < -0.39 is 11.4 Å². The summed E-state index contributed by atoms with van der Waals surface area (Å²) >= 11 is 3.31. The lowest BCUT2D eigenvalue weighted by molar-refractivity contribution is 0.570. The number of nitrogens with zero attached hydrogens (tertiary/aromatic N) is 1. The molecular weight excluding hydrogens is 319 g/mol. The van der Waals surface area contributed by atoms with E-state index in [2.05, 4.69) is 27.3 Å². The number of nitrogens with one attached hydrogen (secondary N) is 1. The molecule has 0 amide bonds. The third-order valence-electron chi connectivity index (χ3n) is 3.22. The smallest absolute Gasteiger partial charge is 0.151 e. The summed E-state index contributed by atoms with van der Waals surface area (Å²) in [5.74, 6) is -0.404. The maximum atomic E-state index is 14.0. The Morgan fingerprint density at radius 3 is 2.60 bits per heavy atom. The van der Waals surface area contributed by atoms with Crippen LogP contribution in [-0.4, -0.2) is 0 Å². The number of hydrogen-bond acceptors (Lipinski definition) is 2. The van der Waals surface area contributed by atoms with Crippen molar-refractivity contribution < 1.29 is 4.39 Å². The Bertz CT molecular complexity index is 678. The van der Waals surface area contributed by atoms with Crippen LogP contribution in [0.5, 0.6) is 0 Å². The summed E-state index contributed by atoms with van der Waals surface area (Å²) in [6.45, 7) is 3.61. The van der Waals surface area contributed by atoms with Crippen molar-refractivity contribution >= 4 is 21.6 Å². The maximum absolute atomic E-state index is 14.0. The lowest BCUT2D eigenvalue weighted by Crippen LogP contribution is -2.31. The van der Waals surface area contributed by atoms with Crippen LogP contribution in [0, 0.1) is 24.1 Å². The van der Waals surface area contributed by atoms with Gasteiger partial charge in [-0.25, -0.2) is 4.39 Å². The van der Waals surface area contributed by atoms with Gasteiger partial charge in [-0.15, -0.1) is 0 Å². The van der Waals surface area contributed by atoms with Gasteiger partial charge in [-0.3, -0.25) is 0 Å². The van der Waals surface area contributed by atoms with Crippen LogP contribution in [0.2, 0.25) is 0 Å². The predicted molar refractivity (Wildman–Crippen MR) is 81.9 cm³/mol. The van der Waals surface area contributed by atoms with Crippen LogP contribution >= 0.6 is 15.9 Å². The first kappa shape index (κ1) is 14.5. The van der Waals surface area contributed by atoms with Crippen molar-refractivity contribution in [3.05, 3.63) is 63.9 Å². The lowest BCUT2D eigenvalue weighted by Gasteiger charge is -2.26. The molecule has 102 valence electrons. The van der Waals surface area contributed by atoms with Crippen LogP contribution in [0.3, 0.4) is 0 Å². The number of rotatable bonds is 3. The minimum absolute atomic E-state index is 0.317. The first-order valence-corrected chi connectivity index (χ1v) is 6.96. The molecular formula is C16H14BrFN2. The molecule has 0 aliphatic rings. The molecule has 1 atom stereocenters. The number of halogens is 2. The fourth-order valence-electron chi connectivity index (χ4n) is 2.02. The zero-order valence-electron chi connectivity index (χ0n) is 11.2. The summed E-state index contributed by atoms with van der Waals surface area (Å²) in [5.41, 5.74) is 0.998. The second kappa shape index (κ2) is 5.64. The van der Waals surface area contributed by atoms with Gasteiger partial charge in [0.15, 0.2) is 5.54 Å². The van der Waals surface area contributed by atoms with Crippen molar-refractivity contribution in [2.24, 2.45) is 0 Å². The van der Waals surface area contributed by atoms with Gasteiger partial charge in [-0.2, -0.15) is 5.26 Å². The zero-order chi connectivity index (χ0) is 14.8. The second-order valence-corrected chi connectivity index (χ2v) is 5.72. The van der Waals surface area contributed by atoms with Gasteiger partial charge in [0.05, 0.1) is 6.07 Å². The minimum atomic E-state index is -1.14. The van der Waals surface area contributed by atoms with Gasteiger partial charge >= 0.3 is 0 Å². The molecule has 0 heterocycles. The molecule has 0 aliphatic carbocycles. The van der Waals surface area contributed by atoms with Gasteiger partial charge in [-0.1, -0.05) is 34.1 Å². The van der Waals surface area contributed by atoms with E-state index in [0.717, 1.165) is 15.7 Å². The molecule has 0 fully saturated rings. The third-order valence-corrected chi connectivity index (χ3v) is 3.71. The Morgan fingerprint density at radius 1 is 1.25 bits per heavy atom. The van der Waals surface area contributed by atoms with Gasteiger partial charge < -0.3 is 5.32 Å². The van der Waals surface area contributed by atoms with E-state index in [-0.39, 0.29) is 0 Å². The van der Waals surface area contributed by atoms with E-state index >= 15 is 0 Å². The van der Waals surface area contributed by atoms with E-state index in [4.69, 9.17) is 0 Å². The molecule has 2 rings (SSSR count). The SMILES string of the molecule is Cc1ccccc1NC(C)(C#N)c1cc(Br)ccc1F. The van der Waals surface area contributed by atoms with Crippen molar-refractivity contribution in [3.8, 4) is 6.07 Å². The van der Waals surface area contributed by atoms with E-state index in [1.165, 1.54) is 6.07 Å². The molecule has 0 spiro atoms. The van der Waals surface area contributed by atoms with E-state index in [0.29, 0.717) is 5.56 Å². The standard InChI is InChI=1S/C16H14BrFN2/c1-11-5-3-4-6-15(11)20-16(2,10-19)13-9-12(17)7-8-14(13)18/h3-9,20H,1-2H3. The lowest BCUT2D eigenvalue weighted by atomic mass is 9.92. The highest BCUT2D eigenvalue weighted by Gasteiger charge is 2.30. The normalized spacial score (nSPS) is 13.3. The molecule has 0 aromatic heterocycles. The number of nitriles is 1. The fourth-order valence-corrected chi connectivity index (χ4v) is 2.38. The van der Waals surface area contributed by atoms with Crippen LogP contribution in [0.15, 0.2) is 46.9 Å². The molecule has 20 heavy (non-hydrogen) atoms. The van der Waals surface area contributed by atoms with Crippen LogP contribution in [-0.2, 0) is 5.54 Å². The van der Waals surface area contributed by atoms with Crippen molar-refractivity contribution in [1.29, 1.82) is 5.26 Å². The average molecular weight is 333 g/mol. The minimum Gasteiger partial charge on any atom is -0.364 e. The molecule has 0 saturated carbocycles. The van der Waals surface area contributed by atoms with Crippen molar-refractivity contribution in [1.82, 2.24) is 0 Å². The quantitative estimate of drug-likeness (QED) is 0.880. The van der Waals surface area contributed by atoms with Crippen molar-refractivity contribution in [3.63, 3.8) is 0 Å². The highest BCUT2D eigenvalue weighted by Crippen LogP contribution is 2.30. The molecule has 0 aliphatic heterocycles. The summed E-state index contributed by atoms with van der Waals surface area (Å²) in [6, 6.07) is 14.4. The average Bonchev–Trinajstić information content (AvgIpc) is 2.44. The molecule has 4 heteroatoms. The van der Waals surface area contributed by atoms with Gasteiger partial charge in [-0.05, 0) is 43.7 Å². The fraction of sp³-hybridized carbons (Fsp3) is 0.188. The van der Waals surface area contributed by atoms with Crippen LogP contribution in [0.1, 0.15) is 18.1 Å². The Kier molecular flexibility index (Phi) is 4.10. The highest BCUT2D eigenvalue weighted by atomic mass is 79.9. The molecule has 1 unspecified atom stereocenters. The largest absolute Gasteiger partial charge is 0.364 e. The zero-order valence-corrected chi connectivity index (χ0v) is 12.8. The number of para-hydroxylation sites is 1. The second-order valence-electron chi connectivity index (χ2n) is 4.80. The topological polar surface area (TPSA) is 35.8 Å². The Hall–Kier alpha value is -1.86. The predicted octanol–water partition coefficient (Wildman–Crippen LogP) is 4.75. The summed E-state index contributed by atoms with van der Waals surface area (Å²) in [5, 5.41) is 12.6. The van der Waals surface area contributed by atoms with E-state index in [9.17, 15) is 9.65 Å². The van der Waals surface area contributed by atoms with Gasteiger partial charge in [0, 0.05) is 15.7 Å². The summed E-state index contributed by atoms with van der Waals surface area (Å²) in [4.78, 5) is 0. The molecule has 0 saturated heterocycles. The molecule has 0 bridgehead atoms. The molecule has 0 radical (unpaired) electrons. The highest BCUT2D eigenvalue weighted by molar-refractivity contribution is 9.10. The third kappa shape index (κ3) is 2.83. The Morgan fingerprint density at radius 2 is 1.95 bits per heavy atom. The van der Waals surface area contributed by atoms with Gasteiger partial charge in [0.1, 0.15) is 5.82 Å². The Labute approximate surface area is 126 Å². The van der Waals surface area contributed by atoms with E-state index in [1.807, 2.05) is 31.2 Å². The number of anilines is 1. The van der Waals surface area contributed by atoms with Crippen molar-refractivity contribution in [2.45, 2.75) is 19.4 Å². The van der Waals surface area contributed by atoms with Gasteiger partial charge in [0.25, 0.3) is 0 Å². The van der Waals surface area contributed by atoms with Crippen LogP contribution < -0.4 is 5.32 Å². The first-order valence-electron chi connectivity index (χ1n) is 6.17. The number of aryl methyl sites for hydroxylation is 1. The Balaban J connectivity index is 2.47. The monoisotopic (exact) mass is 332 g/mol. The summed E-state index contributed by atoms with van der Waals surface area (Å²) in [6.07, 6.45) is 0. The number of hydrogen-bond donors (Lipinski definition) is 1. The molecule has 2 aromatic carbocycles. The summed E-state index contributed by atoms with van der Waals surface area (Å²) in [7, 11) is 0. The van der Waals surface area contributed by atoms with Crippen molar-refractivity contribution in [2.75, 3.05) is 5.32 Å². The first-order chi connectivity index (χ1) is 9.46. The summed E-state index contributed by atoms with van der Waals surface area (Å²) < 4.78 is 14.8. The number of benzene rings is 2. The van der Waals surface area contributed by atoms with Crippen LogP contribution in [0.4, 0.5) is 10.1 Å². The molecule has 2 nitrogen and oxygen atoms in total. The van der Waals surface area contributed by atoms with Crippen LogP contribution in [0.25, 0.3) is 0 Å². The molecule has 1 N–H and O–H groups in total. The maximum Gasteiger partial charge on any atom is 0.151 e.